The predicted octanol–water partition coefficient (Wildman–Crippen LogP) is 4.36. The van der Waals surface area contributed by atoms with Crippen LogP contribution in [0.15, 0.2) is 42.5 Å². The summed E-state index contributed by atoms with van der Waals surface area (Å²) in [6, 6.07) is 10.4. The lowest BCUT2D eigenvalue weighted by Crippen LogP contribution is -2.13. The number of aliphatic hydroxyl groups is 1. The number of benzene rings is 1. The molecule has 0 radical (unpaired) electrons. The Hall–Kier alpha value is -1.08. The van der Waals surface area contributed by atoms with Gasteiger partial charge >= 0.3 is 0 Å². The first-order chi connectivity index (χ1) is 9.29. The van der Waals surface area contributed by atoms with Gasteiger partial charge in [-0.15, -0.1) is 0 Å². The molecule has 0 saturated carbocycles. The average Bonchev–Trinajstić information content (AvgIpc) is 2.91. The van der Waals surface area contributed by atoms with Crippen LogP contribution in [0.5, 0.6) is 0 Å². The Kier molecular flexibility index (Phi) is 5.65. The van der Waals surface area contributed by atoms with Crippen LogP contribution in [0.1, 0.15) is 44.6 Å². The summed E-state index contributed by atoms with van der Waals surface area (Å²) < 4.78 is 0. The number of hydrogen-bond donors (Lipinski definition) is 1. The number of aliphatic hydroxyl groups excluding tert-OH is 1. The van der Waals surface area contributed by atoms with Crippen LogP contribution in [-0.2, 0) is 6.42 Å². The molecule has 0 amide bonds. The first-order valence-electron chi connectivity index (χ1n) is 7.68. The standard InChI is InChI=1S/C18H26O/c1-2-16-9-6-10-17(16)12-14-18(19)13-11-15-7-4-3-5-8-15/h3-8,10,16-19H,2,9,11-14H2,1H3/t16-,17?,18?/m0/s1. The van der Waals surface area contributed by atoms with E-state index in [0.717, 1.165) is 31.6 Å². The van der Waals surface area contributed by atoms with E-state index >= 15 is 0 Å². The first-order valence-corrected chi connectivity index (χ1v) is 7.68. The second-order valence-corrected chi connectivity index (χ2v) is 5.75. The van der Waals surface area contributed by atoms with Crippen LogP contribution in [0.4, 0.5) is 0 Å². The smallest absolute Gasteiger partial charge is 0.0543 e. The van der Waals surface area contributed by atoms with E-state index in [4.69, 9.17) is 0 Å². The average molecular weight is 258 g/mol. The Bertz CT molecular complexity index is 382. The second-order valence-electron chi connectivity index (χ2n) is 5.75. The molecular weight excluding hydrogens is 232 g/mol. The van der Waals surface area contributed by atoms with Crippen molar-refractivity contribution in [1.82, 2.24) is 0 Å². The molecule has 0 saturated heterocycles. The van der Waals surface area contributed by atoms with Gasteiger partial charge in [0.2, 0.25) is 0 Å². The minimum Gasteiger partial charge on any atom is -0.393 e. The molecule has 1 nitrogen and oxygen atoms in total. The minimum absolute atomic E-state index is 0.147. The lowest BCUT2D eigenvalue weighted by molar-refractivity contribution is 0.144. The van der Waals surface area contributed by atoms with Crippen molar-refractivity contribution in [3.63, 3.8) is 0 Å². The molecule has 1 aliphatic carbocycles. The van der Waals surface area contributed by atoms with Crippen LogP contribution in [-0.4, -0.2) is 11.2 Å². The third-order valence-corrected chi connectivity index (χ3v) is 4.39. The van der Waals surface area contributed by atoms with Gasteiger partial charge in [-0.3, -0.25) is 0 Å². The normalized spacial score (nSPS) is 23.7. The van der Waals surface area contributed by atoms with Gasteiger partial charge in [-0.2, -0.15) is 0 Å². The fourth-order valence-corrected chi connectivity index (χ4v) is 3.07. The summed E-state index contributed by atoms with van der Waals surface area (Å²) in [4.78, 5) is 0. The van der Waals surface area contributed by atoms with Gasteiger partial charge in [0.05, 0.1) is 6.10 Å². The molecule has 1 aliphatic rings. The topological polar surface area (TPSA) is 20.2 Å². The van der Waals surface area contributed by atoms with Crippen LogP contribution in [0, 0.1) is 11.8 Å². The van der Waals surface area contributed by atoms with Gasteiger partial charge in [-0.25, -0.2) is 0 Å². The van der Waals surface area contributed by atoms with Crippen LogP contribution in [0.3, 0.4) is 0 Å². The van der Waals surface area contributed by atoms with Gasteiger partial charge in [0.25, 0.3) is 0 Å². The molecule has 1 aromatic carbocycles. The lowest BCUT2D eigenvalue weighted by atomic mass is 9.88. The van der Waals surface area contributed by atoms with Crippen molar-refractivity contribution in [2.24, 2.45) is 11.8 Å². The molecule has 0 fully saturated rings. The molecule has 0 aromatic heterocycles. The summed E-state index contributed by atoms with van der Waals surface area (Å²) in [6.07, 6.45) is 11.0. The summed E-state index contributed by atoms with van der Waals surface area (Å²) in [5, 5.41) is 10.1. The molecule has 19 heavy (non-hydrogen) atoms. The summed E-state index contributed by atoms with van der Waals surface area (Å²) in [6.45, 7) is 2.27. The SMILES string of the molecule is CC[C@H]1CC=CC1CCC(O)CCc1ccccc1. The van der Waals surface area contributed by atoms with E-state index in [1.54, 1.807) is 0 Å². The Labute approximate surface area is 117 Å². The van der Waals surface area contributed by atoms with E-state index in [0.29, 0.717) is 5.92 Å². The Balaban J connectivity index is 1.67. The van der Waals surface area contributed by atoms with Crippen molar-refractivity contribution in [3.05, 3.63) is 48.0 Å². The van der Waals surface area contributed by atoms with Crippen LogP contribution >= 0.6 is 0 Å². The van der Waals surface area contributed by atoms with E-state index in [9.17, 15) is 5.11 Å². The van der Waals surface area contributed by atoms with Crippen LogP contribution in [0.2, 0.25) is 0 Å². The Morgan fingerprint density at radius 3 is 2.74 bits per heavy atom. The van der Waals surface area contributed by atoms with Gasteiger partial charge in [0.1, 0.15) is 0 Å². The third-order valence-electron chi connectivity index (χ3n) is 4.39. The molecule has 2 unspecified atom stereocenters. The van der Waals surface area contributed by atoms with E-state index in [1.165, 1.54) is 18.4 Å². The highest BCUT2D eigenvalue weighted by atomic mass is 16.3. The Morgan fingerprint density at radius 2 is 2.00 bits per heavy atom. The largest absolute Gasteiger partial charge is 0.393 e. The van der Waals surface area contributed by atoms with Gasteiger partial charge in [-0.05, 0) is 49.5 Å². The van der Waals surface area contributed by atoms with Gasteiger partial charge < -0.3 is 5.11 Å². The van der Waals surface area contributed by atoms with Crippen LogP contribution in [0.25, 0.3) is 0 Å². The number of rotatable bonds is 7. The van der Waals surface area contributed by atoms with Crippen molar-refractivity contribution < 1.29 is 5.11 Å². The summed E-state index contributed by atoms with van der Waals surface area (Å²) in [7, 11) is 0. The van der Waals surface area contributed by atoms with Gasteiger partial charge in [0.15, 0.2) is 0 Å². The Morgan fingerprint density at radius 1 is 1.21 bits per heavy atom. The molecule has 0 bridgehead atoms. The summed E-state index contributed by atoms with van der Waals surface area (Å²) in [5.74, 6) is 1.53. The minimum atomic E-state index is -0.147. The van der Waals surface area contributed by atoms with Crippen molar-refractivity contribution in [2.75, 3.05) is 0 Å². The molecule has 104 valence electrons. The second kappa shape index (κ2) is 7.49. The molecule has 2 rings (SSSR count). The van der Waals surface area contributed by atoms with Crippen molar-refractivity contribution in [1.29, 1.82) is 0 Å². The number of allylic oxidation sites excluding steroid dienone is 2. The molecule has 0 heterocycles. The molecule has 0 spiro atoms. The maximum Gasteiger partial charge on any atom is 0.0543 e. The zero-order chi connectivity index (χ0) is 13.5. The lowest BCUT2D eigenvalue weighted by Gasteiger charge is -2.19. The van der Waals surface area contributed by atoms with E-state index in [1.807, 2.05) is 6.07 Å². The molecule has 3 atom stereocenters. The quantitative estimate of drug-likeness (QED) is 0.720. The van der Waals surface area contributed by atoms with E-state index < -0.39 is 0 Å². The highest BCUT2D eigenvalue weighted by Gasteiger charge is 2.21. The zero-order valence-electron chi connectivity index (χ0n) is 12.0. The molecule has 0 aliphatic heterocycles. The van der Waals surface area contributed by atoms with Gasteiger partial charge in [0, 0.05) is 0 Å². The molecular formula is C18H26O. The first kappa shape index (κ1) is 14.3. The number of hydrogen-bond acceptors (Lipinski definition) is 1. The monoisotopic (exact) mass is 258 g/mol. The fraction of sp³-hybridized carbons (Fsp3) is 0.556. The maximum atomic E-state index is 10.1. The highest BCUT2D eigenvalue weighted by molar-refractivity contribution is 5.14. The highest BCUT2D eigenvalue weighted by Crippen LogP contribution is 2.31. The van der Waals surface area contributed by atoms with E-state index in [2.05, 4.69) is 43.3 Å². The molecule has 1 aromatic rings. The summed E-state index contributed by atoms with van der Waals surface area (Å²) in [5.41, 5.74) is 1.33. The van der Waals surface area contributed by atoms with E-state index in [-0.39, 0.29) is 6.10 Å². The third kappa shape index (κ3) is 4.50. The maximum absolute atomic E-state index is 10.1. The van der Waals surface area contributed by atoms with Gasteiger partial charge in [-0.1, -0.05) is 55.8 Å². The predicted molar refractivity (Wildman–Crippen MR) is 81.0 cm³/mol. The fourth-order valence-electron chi connectivity index (χ4n) is 3.07. The van der Waals surface area contributed by atoms with Crippen molar-refractivity contribution >= 4 is 0 Å². The van der Waals surface area contributed by atoms with Crippen molar-refractivity contribution in [3.8, 4) is 0 Å². The van der Waals surface area contributed by atoms with Crippen LogP contribution < -0.4 is 0 Å². The van der Waals surface area contributed by atoms with Crippen molar-refractivity contribution in [2.45, 2.75) is 51.6 Å². The zero-order valence-corrected chi connectivity index (χ0v) is 12.0. The number of aryl methyl sites for hydroxylation is 1. The summed E-state index contributed by atoms with van der Waals surface area (Å²) >= 11 is 0. The molecule has 1 N–H and O–H groups in total. The molecule has 1 heteroatoms.